The van der Waals surface area contributed by atoms with Crippen molar-refractivity contribution in [3.05, 3.63) is 61.3 Å². The van der Waals surface area contributed by atoms with Gasteiger partial charge < -0.3 is 10.3 Å². The minimum absolute atomic E-state index is 0.00492. The second-order valence-corrected chi connectivity index (χ2v) is 5.76. The molecule has 0 fully saturated rings. The first-order chi connectivity index (χ1) is 12.1. The molecule has 0 aliphatic carbocycles. The van der Waals surface area contributed by atoms with Gasteiger partial charge in [-0.3, -0.25) is 4.79 Å². The molecule has 0 aliphatic rings. The summed E-state index contributed by atoms with van der Waals surface area (Å²) in [6.45, 7) is 1.73. The number of benzene rings is 1. The number of furan rings is 1. The van der Waals surface area contributed by atoms with Gasteiger partial charge in [0.1, 0.15) is 17.3 Å². The SMILES string of the molecule is CCc1cc2c(-n3c(=O)cc(C(F)(F)F)n(N)c3=O)c(F)cc(Cl)c2o1. The summed E-state index contributed by atoms with van der Waals surface area (Å²) in [6, 6.07) is 2.26. The molecule has 2 aromatic heterocycles. The minimum atomic E-state index is -5.04. The fourth-order valence-electron chi connectivity index (χ4n) is 2.55. The molecule has 0 unspecified atom stereocenters. The molecule has 2 N–H and O–H groups in total. The van der Waals surface area contributed by atoms with E-state index in [4.69, 9.17) is 21.9 Å². The Bertz CT molecular complexity index is 1140. The molecule has 26 heavy (non-hydrogen) atoms. The standard InChI is InChI=1S/C15H10ClF4N3O3/c1-2-6-3-7-12(9(17)4-8(16)13(7)26-6)22-11(24)5-10(15(18,19)20)23(21)14(22)25/h3-5H,2,21H2,1H3. The first-order valence-electron chi connectivity index (χ1n) is 7.18. The van der Waals surface area contributed by atoms with Gasteiger partial charge in [0.2, 0.25) is 0 Å². The monoisotopic (exact) mass is 391 g/mol. The summed E-state index contributed by atoms with van der Waals surface area (Å²) in [5.41, 5.74) is -5.21. The van der Waals surface area contributed by atoms with Crippen LogP contribution in [0.2, 0.25) is 5.02 Å². The molecule has 2 heterocycles. The van der Waals surface area contributed by atoms with Crippen molar-refractivity contribution < 1.29 is 22.0 Å². The van der Waals surface area contributed by atoms with Crippen LogP contribution < -0.4 is 17.1 Å². The van der Waals surface area contributed by atoms with Crippen molar-refractivity contribution in [1.29, 1.82) is 0 Å². The Morgan fingerprint density at radius 2 is 1.88 bits per heavy atom. The van der Waals surface area contributed by atoms with Gasteiger partial charge in [-0.25, -0.2) is 18.4 Å². The van der Waals surface area contributed by atoms with Gasteiger partial charge >= 0.3 is 11.9 Å². The highest BCUT2D eigenvalue weighted by Gasteiger charge is 2.36. The van der Waals surface area contributed by atoms with Crippen molar-refractivity contribution in [2.24, 2.45) is 0 Å². The molecule has 0 aliphatic heterocycles. The highest BCUT2D eigenvalue weighted by molar-refractivity contribution is 6.35. The summed E-state index contributed by atoms with van der Waals surface area (Å²) >= 11 is 5.91. The summed E-state index contributed by atoms with van der Waals surface area (Å²) in [7, 11) is 0. The van der Waals surface area contributed by atoms with Crippen LogP contribution in [0.15, 0.2) is 32.2 Å². The highest BCUT2D eigenvalue weighted by atomic mass is 35.5. The number of rotatable bonds is 2. The molecule has 138 valence electrons. The van der Waals surface area contributed by atoms with Crippen LogP contribution in [0.4, 0.5) is 17.6 Å². The molecule has 0 saturated carbocycles. The molecule has 1 aromatic carbocycles. The number of alkyl halides is 3. The highest BCUT2D eigenvalue weighted by Crippen LogP contribution is 2.33. The Hall–Kier alpha value is -2.75. The Labute approximate surface area is 147 Å². The van der Waals surface area contributed by atoms with Gasteiger partial charge in [0.25, 0.3) is 5.56 Å². The van der Waals surface area contributed by atoms with Gasteiger partial charge in [-0.2, -0.15) is 13.2 Å². The number of nitrogens with zero attached hydrogens (tertiary/aromatic N) is 2. The molecule has 0 spiro atoms. The second-order valence-electron chi connectivity index (χ2n) is 5.35. The second kappa shape index (κ2) is 5.90. The molecule has 3 rings (SSSR count). The van der Waals surface area contributed by atoms with Crippen LogP contribution in [0.1, 0.15) is 18.4 Å². The van der Waals surface area contributed by atoms with Gasteiger partial charge in [-0.1, -0.05) is 18.5 Å². The van der Waals surface area contributed by atoms with Crippen LogP contribution in [0, 0.1) is 5.82 Å². The average molecular weight is 392 g/mol. The lowest BCUT2D eigenvalue weighted by Gasteiger charge is -2.14. The number of nitrogen functional groups attached to an aromatic ring is 1. The van der Waals surface area contributed by atoms with E-state index < -0.39 is 34.6 Å². The third-order valence-electron chi connectivity index (χ3n) is 3.73. The van der Waals surface area contributed by atoms with Crippen LogP contribution >= 0.6 is 11.6 Å². The maximum absolute atomic E-state index is 14.5. The van der Waals surface area contributed by atoms with Crippen LogP contribution in [0.3, 0.4) is 0 Å². The lowest BCUT2D eigenvalue weighted by atomic mass is 10.2. The van der Waals surface area contributed by atoms with E-state index in [9.17, 15) is 27.2 Å². The number of aromatic nitrogens is 2. The summed E-state index contributed by atoms with van der Waals surface area (Å²) < 4.78 is 58.5. The topological polar surface area (TPSA) is 83.2 Å². The Kier molecular flexibility index (Phi) is 4.10. The first kappa shape index (κ1) is 18.1. The van der Waals surface area contributed by atoms with Crippen LogP contribution in [0.5, 0.6) is 0 Å². The van der Waals surface area contributed by atoms with E-state index in [-0.39, 0.29) is 31.3 Å². The molecule has 0 amide bonds. The largest absolute Gasteiger partial charge is 0.459 e. The summed E-state index contributed by atoms with van der Waals surface area (Å²) in [4.78, 5) is 24.5. The fraction of sp³-hybridized carbons (Fsp3) is 0.200. The van der Waals surface area contributed by atoms with Crippen molar-refractivity contribution in [3.63, 3.8) is 0 Å². The van der Waals surface area contributed by atoms with E-state index >= 15 is 0 Å². The molecule has 6 nitrogen and oxygen atoms in total. The van der Waals surface area contributed by atoms with E-state index in [1.165, 1.54) is 6.07 Å². The Morgan fingerprint density at radius 1 is 1.23 bits per heavy atom. The smallest absolute Gasteiger partial charge is 0.433 e. The van der Waals surface area contributed by atoms with Crippen molar-refractivity contribution in [3.8, 4) is 5.69 Å². The number of halogens is 5. The molecule has 0 saturated heterocycles. The van der Waals surface area contributed by atoms with Crippen LogP contribution in [-0.2, 0) is 12.6 Å². The minimum Gasteiger partial charge on any atom is -0.459 e. The lowest BCUT2D eigenvalue weighted by Crippen LogP contribution is -2.45. The molecule has 0 radical (unpaired) electrons. The number of aryl methyl sites for hydroxylation is 1. The molecule has 11 heteroatoms. The first-order valence-corrected chi connectivity index (χ1v) is 7.56. The van der Waals surface area contributed by atoms with Crippen LogP contribution in [-0.4, -0.2) is 9.24 Å². The van der Waals surface area contributed by atoms with Crippen LogP contribution in [0.25, 0.3) is 16.7 Å². The number of hydrogen-bond donors (Lipinski definition) is 1. The van der Waals surface area contributed by atoms with E-state index in [0.717, 1.165) is 6.07 Å². The van der Waals surface area contributed by atoms with Gasteiger partial charge in [-0.05, 0) is 12.1 Å². The van der Waals surface area contributed by atoms with Gasteiger partial charge in [0, 0.05) is 17.9 Å². The van der Waals surface area contributed by atoms with Gasteiger partial charge in [0.15, 0.2) is 11.3 Å². The molecule has 3 aromatic rings. The number of fused-ring (bicyclic) bond motifs is 1. The van der Waals surface area contributed by atoms with Crippen molar-refractivity contribution in [2.45, 2.75) is 19.5 Å². The summed E-state index contributed by atoms with van der Waals surface area (Å²) in [6.07, 6.45) is -4.64. The third-order valence-corrected chi connectivity index (χ3v) is 4.02. The Morgan fingerprint density at radius 3 is 2.46 bits per heavy atom. The van der Waals surface area contributed by atoms with Crippen molar-refractivity contribution in [2.75, 3.05) is 5.84 Å². The van der Waals surface area contributed by atoms with Gasteiger partial charge in [0.05, 0.1) is 5.02 Å². The Balaban J connectivity index is 2.46. The van der Waals surface area contributed by atoms with E-state index in [1.807, 2.05) is 0 Å². The molecular weight excluding hydrogens is 382 g/mol. The predicted molar refractivity (Wildman–Crippen MR) is 85.6 cm³/mol. The molecule has 0 atom stereocenters. The lowest BCUT2D eigenvalue weighted by molar-refractivity contribution is -0.143. The average Bonchev–Trinajstić information content (AvgIpc) is 2.97. The van der Waals surface area contributed by atoms with E-state index in [0.29, 0.717) is 12.2 Å². The zero-order valence-corrected chi connectivity index (χ0v) is 13.8. The summed E-state index contributed by atoms with van der Waals surface area (Å²) in [5.74, 6) is 4.47. The molecular formula is C15H10ClF4N3O3. The van der Waals surface area contributed by atoms with E-state index in [1.54, 1.807) is 6.92 Å². The molecule has 0 bridgehead atoms. The zero-order valence-electron chi connectivity index (χ0n) is 13.0. The zero-order chi connectivity index (χ0) is 19.4. The predicted octanol–water partition coefficient (Wildman–Crippen LogP) is 2.83. The number of nitrogens with two attached hydrogens (primary N) is 1. The number of hydrogen-bond acceptors (Lipinski definition) is 4. The fourth-order valence-corrected chi connectivity index (χ4v) is 2.79. The quantitative estimate of drug-likeness (QED) is 0.538. The third kappa shape index (κ3) is 2.66. The maximum atomic E-state index is 14.5. The van der Waals surface area contributed by atoms with Gasteiger partial charge in [-0.15, -0.1) is 0 Å². The normalized spacial score (nSPS) is 12.1. The van der Waals surface area contributed by atoms with Crippen molar-refractivity contribution in [1.82, 2.24) is 9.24 Å². The maximum Gasteiger partial charge on any atom is 0.433 e. The van der Waals surface area contributed by atoms with E-state index in [2.05, 4.69) is 0 Å². The summed E-state index contributed by atoms with van der Waals surface area (Å²) in [5, 5.41) is -0.153. The van der Waals surface area contributed by atoms with Crippen molar-refractivity contribution >= 4 is 22.6 Å².